The average molecular weight is 322 g/mol. The van der Waals surface area contributed by atoms with Crippen molar-refractivity contribution in [1.29, 1.82) is 0 Å². The first kappa shape index (κ1) is 20.6. The summed E-state index contributed by atoms with van der Waals surface area (Å²) < 4.78 is 0. The molecule has 136 valence electrons. The standard InChI is InChI=1S/C22H43N/c1-8-14-23(15-9-2)19(5)22(6,7)17-21-12-10-20(11-13-21)16-18(3)4/h18,20-21H,5,8-17H2,1-4,6-7H3. The topological polar surface area (TPSA) is 3.24 Å². The summed E-state index contributed by atoms with van der Waals surface area (Å²) in [5.74, 6) is 2.77. The Balaban J connectivity index is 2.52. The van der Waals surface area contributed by atoms with Crippen LogP contribution >= 0.6 is 0 Å². The highest BCUT2D eigenvalue weighted by Gasteiger charge is 2.31. The van der Waals surface area contributed by atoms with E-state index >= 15 is 0 Å². The molecule has 1 nitrogen and oxygen atoms in total. The van der Waals surface area contributed by atoms with Gasteiger partial charge >= 0.3 is 0 Å². The number of nitrogens with zero attached hydrogens (tertiary/aromatic N) is 1. The van der Waals surface area contributed by atoms with Gasteiger partial charge in [0.05, 0.1) is 0 Å². The van der Waals surface area contributed by atoms with Gasteiger partial charge in [-0.25, -0.2) is 0 Å². The summed E-state index contributed by atoms with van der Waals surface area (Å²) >= 11 is 0. The molecule has 0 aromatic heterocycles. The minimum atomic E-state index is 0.250. The Morgan fingerprint density at radius 1 is 1.00 bits per heavy atom. The van der Waals surface area contributed by atoms with Crippen LogP contribution in [0.5, 0.6) is 0 Å². The van der Waals surface area contributed by atoms with E-state index in [0.29, 0.717) is 0 Å². The van der Waals surface area contributed by atoms with Crippen LogP contribution in [0.25, 0.3) is 0 Å². The van der Waals surface area contributed by atoms with Gasteiger partial charge in [0.15, 0.2) is 0 Å². The first-order valence-electron chi connectivity index (χ1n) is 10.2. The molecule has 1 fully saturated rings. The molecule has 0 saturated heterocycles. The van der Waals surface area contributed by atoms with E-state index in [9.17, 15) is 0 Å². The van der Waals surface area contributed by atoms with Crippen LogP contribution < -0.4 is 0 Å². The molecule has 1 rings (SSSR count). The summed E-state index contributed by atoms with van der Waals surface area (Å²) in [6, 6.07) is 0. The molecule has 0 bridgehead atoms. The van der Waals surface area contributed by atoms with E-state index < -0.39 is 0 Å². The van der Waals surface area contributed by atoms with E-state index in [0.717, 1.165) is 30.8 Å². The second-order valence-electron chi connectivity index (χ2n) is 9.04. The molecular formula is C22H43N. The van der Waals surface area contributed by atoms with Crippen LogP contribution in [-0.2, 0) is 0 Å². The monoisotopic (exact) mass is 321 g/mol. The van der Waals surface area contributed by atoms with E-state index in [1.807, 2.05) is 0 Å². The summed E-state index contributed by atoms with van der Waals surface area (Å²) in [6.45, 7) is 21.0. The van der Waals surface area contributed by atoms with Gasteiger partial charge < -0.3 is 4.90 Å². The fourth-order valence-corrected chi connectivity index (χ4v) is 4.53. The molecule has 1 aliphatic rings. The van der Waals surface area contributed by atoms with Crippen LogP contribution in [-0.4, -0.2) is 18.0 Å². The van der Waals surface area contributed by atoms with Crippen LogP contribution in [0.1, 0.15) is 92.9 Å². The Bertz CT molecular complexity index is 328. The molecule has 0 spiro atoms. The van der Waals surface area contributed by atoms with Gasteiger partial charge in [0.25, 0.3) is 0 Å². The molecule has 0 unspecified atom stereocenters. The van der Waals surface area contributed by atoms with Gasteiger partial charge in [-0.3, -0.25) is 0 Å². The third kappa shape index (κ3) is 6.89. The number of rotatable bonds is 10. The van der Waals surface area contributed by atoms with Crippen LogP contribution in [0, 0.1) is 23.2 Å². The molecule has 23 heavy (non-hydrogen) atoms. The van der Waals surface area contributed by atoms with Gasteiger partial charge in [0.2, 0.25) is 0 Å². The zero-order valence-electron chi connectivity index (χ0n) is 17.0. The number of hydrogen-bond donors (Lipinski definition) is 0. The van der Waals surface area contributed by atoms with Crippen molar-refractivity contribution in [3.63, 3.8) is 0 Å². The largest absolute Gasteiger partial charge is 0.375 e. The lowest BCUT2D eigenvalue weighted by Crippen LogP contribution is -2.34. The molecule has 0 aromatic carbocycles. The predicted molar refractivity (Wildman–Crippen MR) is 105 cm³/mol. The molecule has 1 saturated carbocycles. The molecule has 0 aliphatic heterocycles. The van der Waals surface area contributed by atoms with E-state index in [4.69, 9.17) is 0 Å². The summed E-state index contributed by atoms with van der Waals surface area (Å²) in [5.41, 5.74) is 1.63. The number of hydrogen-bond acceptors (Lipinski definition) is 1. The fourth-order valence-electron chi connectivity index (χ4n) is 4.53. The number of allylic oxidation sites excluding steroid dienone is 1. The highest BCUT2D eigenvalue weighted by Crippen LogP contribution is 2.42. The Morgan fingerprint density at radius 2 is 1.48 bits per heavy atom. The lowest BCUT2D eigenvalue weighted by molar-refractivity contribution is 0.171. The zero-order chi connectivity index (χ0) is 17.5. The second kappa shape index (κ2) is 9.74. The molecule has 0 N–H and O–H groups in total. The maximum atomic E-state index is 4.51. The van der Waals surface area contributed by atoms with Gasteiger partial charge in [-0.05, 0) is 43.4 Å². The first-order chi connectivity index (χ1) is 10.8. The second-order valence-corrected chi connectivity index (χ2v) is 9.04. The van der Waals surface area contributed by atoms with Crippen molar-refractivity contribution in [3.8, 4) is 0 Å². The summed E-state index contributed by atoms with van der Waals surface area (Å²) in [6.07, 6.45) is 11.0. The molecule has 0 heterocycles. The van der Waals surface area contributed by atoms with Crippen molar-refractivity contribution in [2.45, 2.75) is 92.9 Å². The molecule has 1 aliphatic carbocycles. The van der Waals surface area contributed by atoms with Crippen LogP contribution in [0.15, 0.2) is 12.3 Å². The SMILES string of the molecule is C=C(N(CCC)CCC)C(C)(C)CC1CCC(CC(C)C)CC1. The quantitative estimate of drug-likeness (QED) is 0.423. The molecule has 0 atom stereocenters. The highest BCUT2D eigenvalue weighted by molar-refractivity contribution is 5.07. The molecule has 0 aromatic rings. The maximum absolute atomic E-state index is 4.51. The van der Waals surface area contributed by atoms with E-state index in [-0.39, 0.29) is 5.41 Å². The van der Waals surface area contributed by atoms with Gasteiger partial charge in [-0.15, -0.1) is 0 Å². The zero-order valence-corrected chi connectivity index (χ0v) is 17.0. The van der Waals surface area contributed by atoms with Crippen LogP contribution in [0.2, 0.25) is 0 Å². The van der Waals surface area contributed by atoms with Crippen molar-refractivity contribution in [3.05, 3.63) is 12.3 Å². The minimum Gasteiger partial charge on any atom is -0.375 e. The van der Waals surface area contributed by atoms with E-state index in [1.54, 1.807) is 0 Å². The van der Waals surface area contributed by atoms with Crippen molar-refractivity contribution >= 4 is 0 Å². The van der Waals surface area contributed by atoms with Gasteiger partial charge in [-0.2, -0.15) is 0 Å². The third-order valence-corrected chi connectivity index (χ3v) is 5.72. The highest BCUT2D eigenvalue weighted by atomic mass is 15.1. The fraction of sp³-hybridized carbons (Fsp3) is 0.909. The maximum Gasteiger partial charge on any atom is 0.0172 e. The average Bonchev–Trinajstić information content (AvgIpc) is 2.47. The Morgan fingerprint density at radius 3 is 1.91 bits per heavy atom. The predicted octanol–water partition coefficient (Wildman–Crippen LogP) is 6.89. The van der Waals surface area contributed by atoms with Crippen molar-refractivity contribution in [2.75, 3.05) is 13.1 Å². The molecular weight excluding hydrogens is 278 g/mol. The third-order valence-electron chi connectivity index (χ3n) is 5.72. The smallest absolute Gasteiger partial charge is 0.0172 e. The molecule has 1 heteroatoms. The lowest BCUT2D eigenvalue weighted by Gasteiger charge is -2.40. The lowest BCUT2D eigenvalue weighted by atomic mass is 9.71. The Labute approximate surface area is 146 Å². The van der Waals surface area contributed by atoms with Gasteiger partial charge in [0, 0.05) is 24.2 Å². The minimum absolute atomic E-state index is 0.250. The van der Waals surface area contributed by atoms with Crippen LogP contribution in [0.4, 0.5) is 0 Å². The van der Waals surface area contributed by atoms with Crippen molar-refractivity contribution < 1.29 is 0 Å². The normalized spacial score (nSPS) is 22.4. The van der Waals surface area contributed by atoms with Gasteiger partial charge in [0.1, 0.15) is 0 Å². The summed E-state index contributed by atoms with van der Waals surface area (Å²) in [4.78, 5) is 2.55. The van der Waals surface area contributed by atoms with E-state index in [2.05, 4.69) is 53.0 Å². The van der Waals surface area contributed by atoms with Crippen molar-refractivity contribution in [1.82, 2.24) is 4.90 Å². The van der Waals surface area contributed by atoms with E-state index in [1.165, 1.54) is 57.1 Å². The Hall–Kier alpha value is -0.460. The first-order valence-corrected chi connectivity index (χ1v) is 10.2. The van der Waals surface area contributed by atoms with Crippen molar-refractivity contribution in [2.24, 2.45) is 23.2 Å². The molecule has 0 radical (unpaired) electrons. The van der Waals surface area contributed by atoms with Crippen LogP contribution in [0.3, 0.4) is 0 Å². The van der Waals surface area contributed by atoms with Gasteiger partial charge in [-0.1, -0.05) is 73.8 Å². The molecule has 0 amide bonds. The Kier molecular flexibility index (Phi) is 8.72. The summed E-state index contributed by atoms with van der Waals surface area (Å²) in [5, 5.41) is 0. The summed E-state index contributed by atoms with van der Waals surface area (Å²) in [7, 11) is 0.